The summed E-state index contributed by atoms with van der Waals surface area (Å²) in [5.74, 6) is -4.34. The minimum Gasteiger partial charge on any atom is -0.475 e. The van der Waals surface area contributed by atoms with Crippen LogP contribution >= 0.6 is 0 Å². The third-order valence-electron chi connectivity index (χ3n) is 4.41. The van der Waals surface area contributed by atoms with Gasteiger partial charge in [-0.15, -0.1) is 0 Å². The van der Waals surface area contributed by atoms with Gasteiger partial charge in [-0.2, -0.15) is 0 Å². The number of carbonyl (C=O) groups excluding carboxylic acids is 3. The van der Waals surface area contributed by atoms with E-state index in [1.54, 1.807) is 0 Å². The second-order valence-corrected chi connectivity index (χ2v) is 6.38. The maximum atomic E-state index is 12.1. The largest absolute Gasteiger partial charge is 0.475 e. The Morgan fingerprint density at radius 3 is 2.42 bits per heavy atom. The van der Waals surface area contributed by atoms with Crippen molar-refractivity contribution in [3.63, 3.8) is 0 Å². The zero-order valence-corrected chi connectivity index (χ0v) is 15.1. The van der Waals surface area contributed by atoms with E-state index >= 15 is 0 Å². The number of methoxy groups -OCH3 is 1. The molecule has 0 saturated heterocycles. The summed E-state index contributed by atoms with van der Waals surface area (Å²) in [7, 11) is 1.34. The molecular formula is C18H26O8. The highest BCUT2D eigenvalue weighted by atomic mass is 16.6. The first-order valence-corrected chi connectivity index (χ1v) is 8.67. The number of aliphatic hydroxyl groups is 1. The van der Waals surface area contributed by atoms with Crippen LogP contribution in [0.25, 0.3) is 0 Å². The molecule has 0 amide bonds. The molecular weight excluding hydrogens is 344 g/mol. The van der Waals surface area contributed by atoms with Crippen LogP contribution in [0, 0.1) is 11.8 Å². The van der Waals surface area contributed by atoms with Crippen LogP contribution in [-0.4, -0.2) is 47.1 Å². The number of hydrogen-bond acceptors (Lipinski definition) is 7. The average molecular weight is 370 g/mol. The standard InChI is InChI=1S/C18H26O8/c1-11(19)26-16(18(23)24)9-13-12(14(20)10-15(13)21)7-5-3-4-6-8-17(22)25-2/h9,12-13,15,21H,3-8,10H2,1-2H3,(H,23,24)/t12-,13-,15-/m0/s1. The lowest BCUT2D eigenvalue weighted by molar-refractivity contribution is -0.146. The van der Waals surface area contributed by atoms with E-state index in [4.69, 9.17) is 5.11 Å². The fourth-order valence-corrected chi connectivity index (χ4v) is 3.12. The molecule has 0 aromatic rings. The van der Waals surface area contributed by atoms with Gasteiger partial charge in [0.25, 0.3) is 0 Å². The Balaban J connectivity index is 2.61. The van der Waals surface area contributed by atoms with Crippen LogP contribution in [0.15, 0.2) is 11.8 Å². The number of ketones is 1. The van der Waals surface area contributed by atoms with Crippen LogP contribution < -0.4 is 0 Å². The highest BCUT2D eigenvalue weighted by molar-refractivity contribution is 5.89. The Hall–Kier alpha value is -2.22. The van der Waals surface area contributed by atoms with Crippen LogP contribution in [0.2, 0.25) is 0 Å². The number of carboxylic acid groups (broad SMARTS) is 1. The molecule has 0 aliphatic heterocycles. The third kappa shape index (κ3) is 6.95. The van der Waals surface area contributed by atoms with Gasteiger partial charge in [0.2, 0.25) is 5.76 Å². The van der Waals surface area contributed by atoms with E-state index in [1.165, 1.54) is 13.2 Å². The van der Waals surface area contributed by atoms with Crippen LogP contribution in [0.3, 0.4) is 0 Å². The Bertz CT molecular complexity index is 566. The topological polar surface area (TPSA) is 127 Å². The molecule has 8 nitrogen and oxygen atoms in total. The van der Waals surface area contributed by atoms with Crippen molar-refractivity contribution in [3.05, 3.63) is 11.8 Å². The second kappa shape index (κ2) is 10.7. The fourth-order valence-electron chi connectivity index (χ4n) is 3.12. The van der Waals surface area contributed by atoms with E-state index in [-0.39, 0.29) is 18.2 Å². The normalized spacial score (nSPS) is 23.0. The summed E-state index contributed by atoms with van der Waals surface area (Å²) < 4.78 is 9.21. The van der Waals surface area contributed by atoms with Gasteiger partial charge in [-0.3, -0.25) is 14.4 Å². The Morgan fingerprint density at radius 2 is 1.85 bits per heavy atom. The summed E-state index contributed by atoms with van der Waals surface area (Å²) >= 11 is 0. The smallest absolute Gasteiger partial charge is 0.371 e. The molecule has 2 N–H and O–H groups in total. The van der Waals surface area contributed by atoms with Crippen molar-refractivity contribution in [2.75, 3.05) is 7.11 Å². The number of carboxylic acids is 1. The predicted octanol–water partition coefficient (Wildman–Crippen LogP) is 1.60. The maximum absolute atomic E-state index is 12.1. The number of unbranched alkanes of at least 4 members (excludes halogenated alkanes) is 3. The molecule has 1 rings (SSSR count). The second-order valence-electron chi connectivity index (χ2n) is 6.38. The van der Waals surface area contributed by atoms with Crippen LogP contribution in [0.5, 0.6) is 0 Å². The van der Waals surface area contributed by atoms with Crippen molar-refractivity contribution in [2.45, 2.75) is 58.0 Å². The summed E-state index contributed by atoms with van der Waals surface area (Å²) in [6.07, 6.45) is 4.03. The summed E-state index contributed by atoms with van der Waals surface area (Å²) in [4.78, 5) is 45.3. The van der Waals surface area contributed by atoms with Gasteiger partial charge in [0.1, 0.15) is 5.78 Å². The van der Waals surface area contributed by atoms with Gasteiger partial charge in [-0.05, 0) is 18.9 Å². The molecule has 0 aromatic carbocycles. The quantitative estimate of drug-likeness (QED) is 0.257. The van der Waals surface area contributed by atoms with Crippen molar-refractivity contribution in [1.29, 1.82) is 0 Å². The number of rotatable bonds is 10. The molecule has 1 saturated carbocycles. The third-order valence-corrected chi connectivity index (χ3v) is 4.41. The molecule has 1 aliphatic rings. The van der Waals surface area contributed by atoms with Crippen LogP contribution in [-0.2, 0) is 28.7 Å². The number of ether oxygens (including phenoxy) is 2. The van der Waals surface area contributed by atoms with Gasteiger partial charge in [0.05, 0.1) is 13.2 Å². The molecule has 3 atom stereocenters. The molecule has 0 spiro atoms. The molecule has 1 fully saturated rings. The first-order chi connectivity index (χ1) is 12.3. The minimum absolute atomic E-state index is 0.0405. The molecule has 146 valence electrons. The van der Waals surface area contributed by atoms with Crippen molar-refractivity contribution in [2.24, 2.45) is 11.8 Å². The summed E-state index contributed by atoms with van der Waals surface area (Å²) in [5.41, 5.74) is 0. The van der Waals surface area contributed by atoms with E-state index in [2.05, 4.69) is 9.47 Å². The minimum atomic E-state index is -1.42. The van der Waals surface area contributed by atoms with Crippen LogP contribution in [0.1, 0.15) is 51.9 Å². The number of Topliss-reactive ketones (excluding diaryl/α,β-unsaturated/α-hetero) is 1. The number of aliphatic hydroxyl groups excluding tert-OH is 1. The van der Waals surface area contributed by atoms with Crippen molar-refractivity contribution in [3.8, 4) is 0 Å². The zero-order chi connectivity index (χ0) is 19.7. The summed E-state index contributed by atoms with van der Waals surface area (Å²) in [6.45, 7) is 1.08. The van der Waals surface area contributed by atoms with Gasteiger partial charge < -0.3 is 19.7 Å². The van der Waals surface area contributed by atoms with Gasteiger partial charge in [0, 0.05) is 31.6 Å². The molecule has 26 heavy (non-hydrogen) atoms. The fraction of sp³-hybridized carbons (Fsp3) is 0.667. The SMILES string of the molecule is COC(=O)CCCCCC[C@@H]1C(=O)C[C@H](O)[C@H]1C=C(OC(C)=O)C(=O)O. The summed E-state index contributed by atoms with van der Waals surface area (Å²) in [5, 5.41) is 19.2. The monoisotopic (exact) mass is 370 g/mol. The number of carbonyl (C=O) groups is 4. The molecule has 8 heteroatoms. The Kier molecular flexibility index (Phi) is 8.98. The molecule has 0 bridgehead atoms. The lowest BCUT2D eigenvalue weighted by atomic mass is 9.88. The molecule has 0 unspecified atom stereocenters. The van der Waals surface area contributed by atoms with E-state index < -0.39 is 35.6 Å². The predicted molar refractivity (Wildman–Crippen MR) is 89.8 cm³/mol. The van der Waals surface area contributed by atoms with Crippen molar-refractivity contribution in [1.82, 2.24) is 0 Å². The Labute approximate surface area is 152 Å². The van der Waals surface area contributed by atoms with E-state index in [0.29, 0.717) is 25.7 Å². The van der Waals surface area contributed by atoms with Crippen molar-refractivity contribution >= 4 is 23.7 Å². The molecule has 1 aliphatic carbocycles. The van der Waals surface area contributed by atoms with Crippen LogP contribution in [0.4, 0.5) is 0 Å². The highest BCUT2D eigenvalue weighted by Crippen LogP contribution is 2.35. The number of aliphatic carboxylic acids is 1. The van der Waals surface area contributed by atoms with E-state index in [1.807, 2.05) is 0 Å². The maximum Gasteiger partial charge on any atom is 0.371 e. The van der Waals surface area contributed by atoms with Gasteiger partial charge >= 0.3 is 17.9 Å². The lowest BCUT2D eigenvalue weighted by Crippen LogP contribution is -2.21. The average Bonchev–Trinajstić information content (AvgIpc) is 2.83. The van der Waals surface area contributed by atoms with E-state index in [0.717, 1.165) is 19.8 Å². The first-order valence-electron chi connectivity index (χ1n) is 8.67. The highest BCUT2D eigenvalue weighted by Gasteiger charge is 2.40. The first kappa shape index (κ1) is 21.8. The van der Waals surface area contributed by atoms with Gasteiger partial charge in [-0.1, -0.05) is 19.3 Å². The van der Waals surface area contributed by atoms with Gasteiger partial charge in [0.15, 0.2) is 0 Å². The number of hydrogen-bond donors (Lipinski definition) is 2. The molecule has 0 radical (unpaired) electrons. The van der Waals surface area contributed by atoms with Crippen molar-refractivity contribution < 1.29 is 38.9 Å². The Morgan fingerprint density at radius 1 is 1.19 bits per heavy atom. The van der Waals surface area contributed by atoms with E-state index in [9.17, 15) is 24.3 Å². The number of esters is 2. The zero-order valence-electron chi connectivity index (χ0n) is 15.1. The molecule has 0 heterocycles. The molecule has 0 aromatic heterocycles. The van der Waals surface area contributed by atoms with Gasteiger partial charge in [-0.25, -0.2) is 4.79 Å². The summed E-state index contributed by atoms with van der Waals surface area (Å²) in [6, 6.07) is 0. The lowest BCUT2D eigenvalue weighted by Gasteiger charge is -2.18.